The standard InChI is InChI=1S/C4H4BrF4I/c5-4(8,9)3(6,7)1-2-10/h1-2H2. The zero-order valence-electron chi connectivity index (χ0n) is 4.68. The molecule has 0 atom stereocenters. The molecule has 0 saturated heterocycles. The highest BCUT2D eigenvalue weighted by atomic mass is 127. The highest BCUT2D eigenvalue weighted by Crippen LogP contribution is 2.41. The van der Waals surface area contributed by atoms with Crippen LogP contribution in [0, 0.1) is 0 Å². The topological polar surface area (TPSA) is 0 Å². The molecule has 0 aromatic carbocycles. The SMILES string of the molecule is FC(F)(Br)C(F)(F)CCI. The van der Waals surface area contributed by atoms with Crippen molar-refractivity contribution in [2.24, 2.45) is 0 Å². The molecule has 0 aromatic heterocycles. The lowest BCUT2D eigenvalue weighted by atomic mass is 10.3. The van der Waals surface area contributed by atoms with E-state index in [1.165, 1.54) is 0 Å². The van der Waals surface area contributed by atoms with Gasteiger partial charge in [0.05, 0.1) is 0 Å². The molecule has 0 bridgehead atoms. The Morgan fingerprint density at radius 3 is 1.70 bits per heavy atom. The predicted octanol–water partition coefficient (Wildman–Crippen LogP) is 3.43. The molecule has 6 heteroatoms. The van der Waals surface area contributed by atoms with Gasteiger partial charge in [0.15, 0.2) is 0 Å². The van der Waals surface area contributed by atoms with Crippen molar-refractivity contribution in [3.05, 3.63) is 0 Å². The summed E-state index contributed by atoms with van der Waals surface area (Å²) in [7, 11) is 0. The summed E-state index contributed by atoms with van der Waals surface area (Å²) >= 11 is 3.23. The van der Waals surface area contributed by atoms with Crippen LogP contribution in [0.25, 0.3) is 0 Å². The first kappa shape index (κ1) is 10.9. The lowest BCUT2D eigenvalue weighted by molar-refractivity contribution is -0.147. The van der Waals surface area contributed by atoms with E-state index in [1.54, 1.807) is 38.5 Å². The molecular formula is C4H4BrF4I. The van der Waals surface area contributed by atoms with E-state index in [2.05, 4.69) is 0 Å². The van der Waals surface area contributed by atoms with Gasteiger partial charge in [0.2, 0.25) is 0 Å². The second kappa shape index (κ2) is 3.55. The Morgan fingerprint density at radius 1 is 1.20 bits per heavy atom. The van der Waals surface area contributed by atoms with E-state index in [4.69, 9.17) is 0 Å². The van der Waals surface area contributed by atoms with E-state index >= 15 is 0 Å². The minimum Gasteiger partial charge on any atom is -0.199 e. The van der Waals surface area contributed by atoms with Crippen LogP contribution in [0.2, 0.25) is 0 Å². The molecule has 0 radical (unpaired) electrons. The fraction of sp³-hybridized carbons (Fsp3) is 1.00. The maximum Gasteiger partial charge on any atom is 0.363 e. The molecule has 0 amide bonds. The lowest BCUT2D eigenvalue weighted by Crippen LogP contribution is -2.35. The Morgan fingerprint density at radius 2 is 1.60 bits per heavy atom. The summed E-state index contributed by atoms with van der Waals surface area (Å²) in [6.07, 6.45) is -0.814. The minimum absolute atomic E-state index is 0.00590. The second-order valence-electron chi connectivity index (χ2n) is 1.64. The first-order valence-corrected chi connectivity index (χ1v) is 4.63. The van der Waals surface area contributed by atoms with Gasteiger partial charge < -0.3 is 0 Å². The van der Waals surface area contributed by atoms with Crippen LogP contribution in [-0.2, 0) is 0 Å². The molecule has 0 fully saturated rings. The first-order chi connectivity index (χ1) is 4.31. The monoisotopic (exact) mass is 334 g/mol. The number of rotatable bonds is 3. The number of alkyl halides is 6. The van der Waals surface area contributed by atoms with Crippen LogP contribution in [0.5, 0.6) is 0 Å². The summed E-state index contributed by atoms with van der Waals surface area (Å²) in [4.78, 5) is -4.08. The molecular weight excluding hydrogens is 331 g/mol. The summed E-state index contributed by atoms with van der Waals surface area (Å²) < 4.78 is 48.0. The van der Waals surface area contributed by atoms with Crippen molar-refractivity contribution < 1.29 is 17.6 Å². The highest BCUT2D eigenvalue weighted by molar-refractivity contribution is 14.1. The van der Waals surface area contributed by atoms with Crippen molar-refractivity contribution in [3.8, 4) is 0 Å². The Hall–Kier alpha value is 0.930. The van der Waals surface area contributed by atoms with E-state index in [0.29, 0.717) is 0 Å². The van der Waals surface area contributed by atoms with Crippen LogP contribution in [0.15, 0.2) is 0 Å². The van der Waals surface area contributed by atoms with Crippen molar-refractivity contribution in [2.45, 2.75) is 17.2 Å². The van der Waals surface area contributed by atoms with Crippen LogP contribution in [0.3, 0.4) is 0 Å². The largest absolute Gasteiger partial charge is 0.363 e. The van der Waals surface area contributed by atoms with Gasteiger partial charge in [-0.05, 0) is 15.9 Å². The summed E-state index contributed by atoms with van der Waals surface area (Å²) in [5.74, 6) is -3.94. The maximum atomic E-state index is 12.1. The molecule has 0 aliphatic heterocycles. The maximum absolute atomic E-state index is 12.1. The van der Waals surface area contributed by atoms with Crippen LogP contribution >= 0.6 is 38.5 Å². The smallest absolute Gasteiger partial charge is 0.199 e. The van der Waals surface area contributed by atoms with Crippen molar-refractivity contribution in [1.82, 2.24) is 0 Å². The number of hydrogen-bond acceptors (Lipinski definition) is 0. The minimum atomic E-state index is -4.08. The van der Waals surface area contributed by atoms with Gasteiger partial charge in [0.1, 0.15) is 0 Å². The third kappa shape index (κ3) is 2.89. The fourth-order valence-corrected chi connectivity index (χ4v) is 1.14. The molecule has 0 rings (SSSR count). The van der Waals surface area contributed by atoms with Crippen LogP contribution in [0.4, 0.5) is 17.6 Å². The third-order valence-electron chi connectivity index (χ3n) is 0.823. The van der Waals surface area contributed by atoms with Crippen molar-refractivity contribution in [1.29, 1.82) is 0 Å². The van der Waals surface area contributed by atoms with Gasteiger partial charge in [-0.2, -0.15) is 17.6 Å². The van der Waals surface area contributed by atoms with E-state index in [1.807, 2.05) is 0 Å². The Kier molecular flexibility index (Phi) is 3.88. The zero-order chi connectivity index (χ0) is 8.41. The predicted molar refractivity (Wildman–Crippen MR) is 42.3 cm³/mol. The average Bonchev–Trinajstić information content (AvgIpc) is 1.61. The van der Waals surface area contributed by atoms with Crippen molar-refractivity contribution >= 4 is 38.5 Å². The van der Waals surface area contributed by atoms with E-state index in [9.17, 15) is 17.6 Å². The molecule has 10 heavy (non-hydrogen) atoms. The van der Waals surface area contributed by atoms with Gasteiger partial charge in [-0.1, -0.05) is 22.6 Å². The normalized spacial score (nSPS) is 13.8. The van der Waals surface area contributed by atoms with Crippen LogP contribution in [0.1, 0.15) is 6.42 Å². The number of hydrogen-bond donors (Lipinski definition) is 0. The summed E-state index contributed by atoms with van der Waals surface area (Å²) in [5, 5.41) is 0. The molecule has 0 aliphatic rings. The van der Waals surface area contributed by atoms with Gasteiger partial charge in [-0.25, -0.2) is 0 Å². The molecule has 62 valence electrons. The Bertz CT molecular complexity index is 110. The molecule has 0 N–H and O–H groups in total. The van der Waals surface area contributed by atoms with Crippen LogP contribution < -0.4 is 0 Å². The van der Waals surface area contributed by atoms with Gasteiger partial charge >= 0.3 is 10.8 Å². The molecule has 0 nitrogen and oxygen atoms in total. The van der Waals surface area contributed by atoms with Gasteiger partial charge in [-0.3, -0.25) is 0 Å². The van der Waals surface area contributed by atoms with Gasteiger partial charge in [0, 0.05) is 10.8 Å². The van der Waals surface area contributed by atoms with E-state index < -0.39 is 17.2 Å². The fourth-order valence-electron chi connectivity index (χ4n) is 0.260. The molecule has 0 saturated carbocycles. The second-order valence-corrected chi connectivity index (χ2v) is 3.72. The Balaban J connectivity index is 4.10. The van der Waals surface area contributed by atoms with Crippen LogP contribution in [-0.4, -0.2) is 15.2 Å². The number of halogens is 6. The first-order valence-electron chi connectivity index (χ1n) is 2.32. The highest BCUT2D eigenvalue weighted by Gasteiger charge is 2.53. The van der Waals surface area contributed by atoms with Gasteiger partial charge in [-0.15, -0.1) is 0 Å². The van der Waals surface area contributed by atoms with Crippen molar-refractivity contribution in [2.75, 3.05) is 4.43 Å². The third-order valence-corrected chi connectivity index (χ3v) is 1.94. The lowest BCUT2D eigenvalue weighted by Gasteiger charge is -2.19. The van der Waals surface area contributed by atoms with Crippen molar-refractivity contribution in [3.63, 3.8) is 0 Å². The summed E-state index contributed by atoms with van der Waals surface area (Å²) in [6, 6.07) is 0. The zero-order valence-corrected chi connectivity index (χ0v) is 8.43. The average molecular weight is 335 g/mol. The molecule has 0 spiro atoms. The van der Waals surface area contributed by atoms with E-state index in [-0.39, 0.29) is 4.43 Å². The molecule has 0 heterocycles. The molecule has 0 aromatic rings. The van der Waals surface area contributed by atoms with Gasteiger partial charge in [0.25, 0.3) is 0 Å². The quantitative estimate of drug-likeness (QED) is 0.421. The molecule has 0 unspecified atom stereocenters. The summed E-state index contributed by atoms with van der Waals surface area (Å²) in [5.41, 5.74) is 0. The molecule has 0 aliphatic carbocycles. The Labute approximate surface area is 77.6 Å². The summed E-state index contributed by atoms with van der Waals surface area (Å²) in [6.45, 7) is 0. The van der Waals surface area contributed by atoms with E-state index in [0.717, 1.165) is 0 Å².